The third kappa shape index (κ3) is 4.53. The summed E-state index contributed by atoms with van der Waals surface area (Å²) in [4.78, 5) is 28.9. The lowest BCUT2D eigenvalue weighted by Crippen LogP contribution is -2.09. The number of esters is 2. The first-order valence-electron chi connectivity index (χ1n) is 9.58. The number of aliphatic imine (C=N–C) groups is 1. The van der Waals surface area contributed by atoms with E-state index < -0.39 is 11.9 Å². The Morgan fingerprint density at radius 1 is 0.968 bits per heavy atom. The van der Waals surface area contributed by atoms with E-state index in [1.165, 1.54) is 7.11 Å². The van der Waals surface area contributed by atoms with Crippen LogP contribution in [0.25, 0.3) is 6.08 Å². The smallest absolute Gasteiger partial charge is 0.363 e. The predicted octanol–water partition coefficient (Wildman–Crippen LogP) is 4.57. The van der Waals surface area contributed by atoms with Gasteiger partial charge >= 0.3 is 11.9 Å². The molecule has 1 aliphatic rings. The van der Waals surface area contributed by atoms with Crippen LogP contribution in [0.4, 0.5) is 0 Å². The number of ether oxygens (including phenoxy) is 3. The minimum atomic E-state index is -0.535. The van der Waals surface area contributed by atoms with Crippen molar-refractivity contribution in [2.24, 2.45) is 4.99 Å². The number of benzene rings is 3. The van der Waals surface area contributed by atoms with Gasteiger partial charge in [0, 0.05) is 5.56 Å². The van der Waals surface area contributed by atoms with Crippen molar-refractivity contribution in [3.05, 3.63) is 101 Å². The normalized spacial score (nSPS) is 14.2. The van der Waals surface area contributed by atoms with Crippen molar-refractivity contribution in [2.45, 2.75) is 6.92 Å². The molecule has 0 spiro atoms. The van der Waals surface area contributed by atoms with Gasteiger partial charge in [0.15, 0.2) is 17.2 Å². The summed E-state index contributed by atoms with van der Waals surface area (Å²) < 4.78 is 16.1. The second kappa shape index (κ2) is 8.67. The molecule has 3 aromatic carbocycles. The Morgan fingerprint density at radius 2 is 1.71 bits per heavy atom. The number of methoxy groups -OCH3 is 1. The summed E-state index contributed by atoms with van der Waals surface area (Å²) in [5, 5.41) is 0. The molecular formula is C25H19NO5. The molecule has 0 N–H and O–H groups in total. The molecule has 0 radical (unpaired) electrons. The van der Waals surface area contributed by atoms with E-state index in [-0.39, 0.29) is 17.3 Å². The van der Waals surface area contributed by atoms with Crippen LogP contribution in [0.2, 0.25) is 0 Å². The molecule has 0 aliphatic carbocycles. The first-order chi connectivity index (χ1) is 15.0. The fourth-order valence-corrected chi connectivity index (χ4v) is 2.98. The molecule has 0 aromatic heterocycles. The number of cyclic esters (lactones) is 1. The Balaban J connectivity index is 1.56. The summed E-state index contributed by atoms with van der Waals surface area (Å²) in [7, 11) is 1.48. The van der Waals surface area contributed by atoms with Gasteiger partial charge in [0.2, 0.25) is 5.90 Å². The van der Waals surface area contributed by atoms with Crippen LogP contribution in [0, 0.1) is 6.92 Å². The minimum Gasteiger partial charge on any atom is -0.493 e. The highest BCUT2D eigenvalue weighted by Gasteiger charge is 2.24. The van der Waals surface area contributed by atoms with Gasteiger partial charge in [0.25, 0.3) is 0 Å². The summed E-state index contributed by atoms with van der Waals surface area (Å²) in [5.74, 6) is -0.132. The molecule has 0 saturated heterocycles. The van der Waals surface area contributed by atoms with Crippen molar-refractivity contribution in [1.82, 2.24) is 0 Å². The van der Waals surface area contributed by atoms with Crippen molar-refractivity contribution in [3.8, 4) is 11.5 Å². The SMILES string of the molecule is COc1cc(/C=C2\N=C(c3ccccc3)OC2=O)ccc1OC(=O)c1ccc(C)cc1. The molecule has 31 heavy (non-hydrogen) atoms. The molecular weight excluding hydrogens is 394 g/mol. The summed E-state index contributed by atoms with van der Waals surface area (Å²) in [6.45, 7) is 1.94. The number of aryl methyl sites for hydroxylation is 1. The number of rotatable bonds is 5. The molecule has 0 fully saturated rings. The third-order valence-electron chi connectivity index (χ3n) is 4.62. The average molecular weight is 413 g/mol. The lowest BCUT2D eigenvalue weighted by molar-refractivity contribution is -0.129. The minimum absolute atomic E-state index is 0.172. The molecule has 3 aromatic rings. The van der Waals surface area contributed by atoms with Crippen LogP contribution < -0.4 is 9.47 Å². The van der Waals surface area contributed by atoms with E-state index in [1.54, 1.807) is 36.4 Å². The van der Waals surface area contributed by atoms with E-state index >= 15 is 0 Å². The summed E-state index contributed by atoms with van der Waals surface area (Å²) in [6, 6.07) is 21.3. The zero-order valence-electron chi connectivity index (χ0n) is 17.0. The van der Waals surface area contributed by atoms with Gasteiger partial charge in [-0.2, -0.15) is 0 Å². The number of carbonyl (C=O) groups excluding carboxylic acids is 2. The Bertz CT molecular complexity index is 1190. The Kier molecular flexibility index (Phi) is 5.62. The monoisotopic (exact) mass is 413 g/mol. The highest BCUT2D eigenvalue weighted by Crippen LogP contribution is 2.30. The number of nitrogens with zero attached hydrogens (tertiary/aromatic N) is 1. The van der Waals surface area contributed by atoms with E-state index in [2.05, 4.69) is 4.99 Å². The maximum atomic E-state index is 12.4. The van der Waals surface area contributed by atoms with Crippen LogP contribution in [0.1, 0.15) is 27.0 Å². The standard InChI is InChI=1S/C25H19NO5/c1-16-8-11-19(12-9-16)24(27)30-21-13-10-17(15-22(21)29-2)14-20-25(28)31-23(26-20)18-6-4-3-5-7-18/h3-15H,1-2H3/b20-14-. The molecule has 4 rings (SSSR count). The average Bonchev–Trinajstić information content (AvgIpc) is 3.16. The number of carbonyl (C=O) groups is 2. The van der Waals surface area contributed by atoms with Gasteiger partial charge in [-0.3, -0.25) is 0 Å². The van der Waals surface area contributed by atoms with Gasteiger partial charge in [-0.15, -0.1) is 0 Å². The van der Waals surface area contributed by atoms with Gasteiger partial charge < -0.3 is 14.2 Å². The van der Waals surface area contributed by atoms with Gasteiger partial charge in [0.05, 0.1) is 12.7 Å². The fraction of sp³-hybridized carbons (Fsp3) is 0.0800. The quantitative estimate of drug-likeness (QED) is 0.348. The largest absolute Gasteiger partial charge is 0.493 e. The lowest BCUT2D eigenvalue weighted by atomic mass is 10.1. The molecule has 154 valence electrons. The summed E-state index contributed by atoms with van der Waals surface area (Å²) in [5.41, 5.74) is 3.03. The van der Waals surface area contributed by atoms with Gasteiger partial charge in [-0.25, -0.2) is 14.6 Å². The molecule has 0 atom stereocenters. The van der Waals surface area contributed by atoms with Crippen LogP contribution in [0.5, 0.6) is 11.5 Å². The van der Waals surface area contributed by atoms with Crippen molar-refractivity contribution >= 4 is 23.9 Å². The maximum Gasteiger partial charge on any atom is 0.363 e. The second-order valence-electron chi connectivity index (χ2n) is 6.87. The Hall–Kier alpha value is -4.19. The Labute approximate surface area is 179 Å². The molecule has 0 bridgehead atoms. The van der Waals surface area contributed by atoms with E-state index in [4.69, 9.17) is 14.2 Å². The maximum absolute atomic E-state index is 12.4. The molecule has 1 heterocycles. The van der Waals surface area contributed by atoms with Gasteiger partial charge in [0.1, 0.15) is 0 Å². The molecule has 6 heteroatoms. The van der Waals surface area contributed by atoms with Gasteiger partial charge in [-0.05, 0) is 55.0 Å². The molecule has 0 unspecified atom stereocenters. The van der Waals surface area contributed by atoms with Crippen LogP contribution in [0.3, 0.4) is 0 Å². The summed E-state index contributed by atoms with van der Waals surface area (Å²) in [6.07, 6.45) is 1.59. The van der Waals surface area contributed by atoms with Crippen LogP contribution >= 0.6 is 0 Å². The third-order valence-corrected chi connectivity index (χ3v) is 4.62. The molecule has 6 nitrogen and oxygen atoms in total. The van der Waals surface area contributed by atoms with Crippen LogP contribution in [0.15, 0.2) is 83.5 Å². The fourth-order valence-electron chi connectivity index (χ4n) is 2.98. The molecule has 0 amide bonds. The number of hydrogen-bond donors (Lipinski definition) is 0. The van der Waals surface area contributed by atoms with E-state index in [0.717, 1.165) is 11.1 Å². The second-order valence-corrected chi connectivity index (χ2v) is 6.87. The highest BCUT2D eigenvalue weighted by atomic mass is 16.6. The predicted molar refractivity (Wildman–Crippen MR) is 116 cm³/mol. The van der Waals surface area contributed by atoms with Gasteiger partial charge in [-0.1, -0.05) is 42.0 Å². The van der Waals surface area contributed by atoms with E-state index in [9.17, 15) is 9.59 Å². The van der Waals surface area contributed by atoms with Crippen LogP contribution in [-0.4, -0.2) is 24.9 Å². The van der Waals surface area contributed by atoms with Crippen LogP contribution in [-0.2, 0) is 9.53 Å². The van der Waals surface area contributed by atoms with Crippen molar-refractivity contribution in [3.63, 3.8) is 0 Å². The highest BCUT2D eigenvalue weighted by molar-refractivity contribution is 6.12. The summed E-state index contributed by atoms with van der Waals surface area (Å²) >= 11 is 0. The first kappa shape index (κ1) is 20.1. The van der Waals surface area contributed by atoms with Crippen molar-refractivity contribution < 1.29 is 23.8 Å². The zero-order chi connectivity index (χ0) is 21.8. The topological polar surface area (TPSA) is 74.2 Å². The Morgan fingerprint density at radius 3 is 2.42 bits per heavy atom. The molecule has 1 aliphatic heterocycles. The number of hydrogen-bond acceptors (Lipinski definition) is 6. The zero-order valence-corrected chi connectivity index (χ0v) is 17.0. The molecule has 0 saturated carbocycles. The van der Waals surface area contributed by atoms with Crippen molar-refractivity contribution in [1.29, 1.82) is 0 Å². The van der Waals surface area contributed by atoms with E-state index in [1.807, 2.05) is 49.4 Å². The lowest BCUT2D eigenvalue weighted by Gasteiger charge is -2.10. The first-order valence-corrected chi connectivity index (χ1v) is 9.58. The van der Waals surface area contributed by atoms with Crippen molar-refractivity contribution in [2.75, 3.05) is 7.11 Å². The van der Waals surface area contributed by atoms with E-state index in [0.29, 0.717) is 16.9 Å².